The van der Waals surface area contributed by atoms with E-state index < -0.39 is 0 Å². The van der Waals surface area contributed by atoms with Crippen LogP contribution in [0.5, 0.6) is 0 Å². The van der Waals surface area contributed by atoms with Crippen molar-refractivity contribution in [1.82, 2.24) is 10.2 Å². The molecule has 0 unspecified atom stereocenters. The van der Waals surface area contributed by atoms with Crippen LogP contribution in [0.25, 0.3) is 0 Å². The molecule has 1 heterocycles. The molecular weight excluding hydrogens is 264 g/mol. The maximum atomic E-state index is 10.8. The number of esters is 1. The standard InChI is InChI=1S/C10H12O2.C5H8N2.C2H6/c1-8-3-5-9(6-4-8)7-10(11)12-2;1-4-3-6-7-5(4)2;1-2/h3-6H,7H2,1-2H3;3H,1-2H3,(H,6,7);1-2H3. The minimum atomic E-state index is -0.196. The van der Waals surface area contributed by atoms with E-state index in [9.17, 15) is 4.79 Å². The van der Waals surface area contributed by atoms with E-state index in [-0.39, 0.29) is 5.97 Å². The number of H-pyrrole nitrogens is 1. The maximum absolute atomic E-state index is 10.8. The second-order valence-corrected chi connectivity index (χ2v) is 4.42. The van der Waals surface area contributed by atoms with E-state index in [1.165, 1.54) is 18.2 Å². The second-order valence-electron chi connectivity index (χ2n) is 4.42. The molecule has 0 aliphatic heterocycles. The smallest absolute Gasteiger partial charge is 0.309 e. The van der Waals surface area contributed by atoms with Crippen molar-refractivity contribution in [3.05, 3.63) is 52.8 Å². The topological polar surface area (TPSA) is 55.0 Å². The molecule has 2 rings (SSSR count). The van der Waals surface area contributed by atoms with Gasteiger partial charge < -0.3 is 4.74 Å². The van der Waals surface area contributed by atoms with Crippen molar-refractivity contribution in [2.24, 2.45) is 0 Å². The molecule has 0 saturated carbocycles. The number of hydrogen-bond donors (Lipinski definition) is 1. The summed E-state index contributed by atoms with van der Waals surface area (Å²) >= 11 is 0. The highest BCUT2D eigenvalue weighted by molar-refractivity contribution is 5.72. The zero-order valence-corrected chi connectivity index (χ0v) is 13.9. The Labute approximate surface area is 127 Å². The number of nitrogens with one attached hydrogen (secondary N) is 1. The van der Waals surface area contributed by atoms with Gasteiger partial charge in [0.15, 0.2) is 0 Å². The summed E-state index contributed by atoms with van der Waals surface area (Å²) in [5, 5.41) is 6.61. The van der Waals surface area contributed by atoms with Gasteiger partial charge in [-0.1, -0.05) is 43.7 Å². The summed E-state index contributed by atoms with van der Waals surface area (Å²) in [5.41, 5.74) is 4.57. The minimum absolute atomic E-state index is 0.196. The summed E-state index contributed by atoms with van der Waals surface area (Å²) in [4.78, 5) is 10.8. The van der Waals surface area contributed by atoms with Crippen molar-refractivity contribution in [1.29, 1.82) is 0 Å². The number of rotatable bonds is 2. The highest BCUT2D eigenvalue weighted by Crippen LogP contribution is 2.04. The molecule has 0 radical (unpaired) electrons. The monoisotopic (exact) mass is 290 g/mol. The van der Waals surface area contributed by atoms with Gasteiger partial charge in [0, 0.05) is 5.69 Å². The Balaban J connectivity index is 0.000000377. The Morgan fingerprint density at radius 2 is 1.71 bits per heavy atom. The predicted molar refractivity (Wildman–Crippen MR) is 86.3 cm³/mol. The Morgan fingerprint density at radius 3 is 2.05 bits per heavy atom. The van der Waals surface area contributed by atoms with Crippen LogP contribution < -0.4 is 0 Å². The molecule has 0 saturated heterocycles. The molecule has 21 heavy (non-hydrogen) atoms. The molecule has 1 aromatic carbocycles. The van der Waals surface area contributed by atoms with Gasteiger partial charge in [-0.2, -0.15) is 5.10 Å². The first-order valence-corrected chi connectivity index (χ1v) is 7.12. The van der Waals surface area contributed by atoms with Gasteiger partial charge in [0.2, 0.25) is 0 Å². The number of carbonyl (C=O) groups is 1. The van der Waals surface area contributed by atoms with Crippen molar-refractivity contribution in [2.45, 2.75) is 41.0 Å². The highest BCUT2D eigenvalue weighted by atomic mass is 16.5. The van der Waals surface area contributed by atoms with Crippen LogP contribution in [0.4, 0.5) is 0 Å². The fourth-order valence-corrected chi connectivity index (χ4v) is 1.36. The first-order chi connectivity index (χ1) is 10.0. The van der Waals surface area contributed by atoms with Crippen molar-refractivity contribution >= 4 is 5.97 Å². The van der Waals surface area contributed by atoms with Gasteiger partial charge in [0.05, 0.1) is 19.7 Å². The fourth-order valence-electron chi connectivity index (χ4n) is 1.36. The van der Waals surface area contributed by atoms with Crippen LogP contribution >= 0.6 is 0 Å². The van der Waals surface area contributed by atoms with E-state index in [1.807, 2.05) is 65.1 Å². The van der Waals surface area contributed by atoms with Crippen molar-refractivity contribution in [3.63, 3.8) is 0 Å². The third-order valence-corrected chi connectivity index (χ3v) is 2.78. The first-order valence-electron chi connectivity index (χ1n) is 7.12. The zero-order chi connectivity index (χ0) is 16.3. The molecule has 116 valence electrons. The van der Waals surface area contributed by atoms with Crippen LogP contribution in [0.2, 0.25) is 0 Å². The number of carbonyl (C=O) groups excluding carboxylic acids is 1. The van der Waals surface area contributed by atoms with E-state index in [2.05, 4.69) is 14.9 Å². The lowest BCUT2D eigenvalue weighted by molar-refractivity contribution is -0.139. The van der Waals surface area contributed by atoms with Gasteiger partial charge in [-0.25, -0.2) is 0 Å². The molecule has 4 heteroatoms. The van der Waals surface area contributed by atoms with Crippen molar-refractivity contribution in [2.75, 3.05) is 7.11 Å². The molecule has 0 aliphatic carbocycles. The van der Waals surface area contributed by atoms with Gasteiger partial charge in [0.1, 0.15) is 0 Å². The Kier molecular flexibility index (Phi) is 9.59. The minimum Gasteiger partial charge on any atom is -0.469 e. The lowest BCUT2D eigenvalue weighted by Crippen LogP contribution is -2.03. The van der Waals surface area contributed by atoms with Gasteiger partial charge in [0.25, 0.3) is 0 Å². The van der Waals surface area contributed by atoms with E-state index in [1.54, 1.807) is 0 Å². The fraction of sp³-hybridized carbons (Fsp3) is 0.412. The molecule has 0 atom stereocenters. The van der Waals surface area contributed by atoms with E-state index in [0.29, 0.717) is 6.42 Å². The summed E-state index contributed by atoms with van der Waals surface area (Å²) in [6.07, 6.45) is 2.17. The predicted octanol–water partition coefficient (Wildman–Crippen LogP) is 3.76. The highest BCUT2D eigenvalue weighted by Gasteiger charge is 2.00. The normalized spacial score (nSPS) is 8.86. The summed E-state index contributed by atoms with van der Waals surface area (Å²) in [6, 6.07) is 7.84. The van der Waals surface area contributed by atoms with E-state index in [4.69, 9.17) is 0 Å². The Morgan fingerprint density at radius 1 is 1.14 bits per heavy atom. The number of aromatic amines is 1. The molecule has 2 aromatic rings. The number of benzene rings is 1. The maximum Gasteiger partial charge on any atom is 0.309 e. The molecule has 0 spiro atoms. The summed E-state index contributed by atoms with van der Waals surface area (Å²) in [5.74, 6) is -0.196. The molecule has 1 N–H and O–H groups in total. The largest absolute Gasteiger partial charge is 0.469 e. The summed E-state index contributed by atoms with van der Waals surface area (Å²) in [6.45, 7) is 10.0. The molecule has 4 nitrogen and oxygen atoms in total. The molecular formula is C17H26N2O2. The quantitative estimate of drug-likeness (QED) is 0.857. The number of aromatic nitrogens is 2. The molecule has 0 bridgehead atoms. The van der Waals surface area contributed by atoms with Gasteiger partial charge in [-0.15, -0.1) is 0 Å². The summed E-state index contributed by atoms with van der Waals surface area (Å²) < 4.78 is 4.55. The molecule has 0 aliphatic rings. The SMILES string of the molecule is CC.COC(=O)Cc1ccc(C)cc1.Cc1cn[nH]c1C. The number of hydrogen-bond acceptors (Lipinski definition) is 3. The van der Waals surface area contributed by atoms with Crippen molar-refractivity contribution < 1.29 is 9.53 Å². The van der Waals surface area contributed by atoms with Gasteiger partial charge in [-0.3, -0.25) is 9.89 Å². The van der Waals surface area contributed by atoms with Gasteiger partial charge >= 0.3 is 5.97 Å². The lowest BCUT2D eigenvalue weighted by atomic mass is 10.1. The number of aryl methyl sites for hydroxylation is 3. The average molecular weight is 290 g/mol. The average Bonchev–Trinajstić information content (AvgIpc) is 2.88. The molecule has 0 fully saturated rings. The van der Waals surface area contributed by atoms with E-state index in [0.717, 1.165) is 11.3 Å². The second kappa shape index (κ2) is 10.7. The van der Waals surface area contributed by atoms with Crippen LogP contribution in [-0.2, 0) is 16.0 Å². The number of ether oxygens (including phenoxy) is 1. The zero-order valence-electron chi connectivity index (χ0n) is 13.9. The third-order valence-electron chi connectivity index (χ3n) is 2.78. The number of nitrogens with zero attached hydrogens (tertiary/aromatic N) is 1. The van der Waals surface area contributed by atoms with E-state index >= 15 is 0 Å². The van der Waals surface area contributed by atoms with Crippen LogP contribution in [0.3, 0.4) is 0 Å². The molecule has 1 aromatic heterocycles. The van der Waals surface area contributed by atoms with Crippen LogP contribution in [0.1, 0.15) is 36.2 Å². The molecule has 0 amide bonds. The van der Waals surface area contributed by atoms with Crippen LogP contribution in [0.15, 0.2) is 30.5 Å². The Hall–Kier alpha value is -2.10. The van der Waals surface area contributed by atoms with Crippen molar-refractivity contribution in [3.8, 4) is 0 Å². The Bertz CT molecular complexity index is 499. The number of methoxy groups -OCH3 is 1. The summed E-state index contributed by atoms with van der Waals surface area (Å²) in [7, 11) is 1.40. The third kappa shape index (κ3) is 7.92. The van der Waals surface area contributed by atoms with Crippen LogP contribution in [-0.4, -0.2) is 23.3 Å². The van der Waals surface area contributed by atoms with Gasteiger partial charge in [-0.05, 0) is 31.9 Å². The first kappa shape index (κ1) is 18.9. The lowest BCUT2D eigenvalue weighted by Gasteiger charge is -1.99. The van der Waals surface area contributed by atoms with Crippen LogP contribution in [0, 0.1) is 20.8 Å².